The van der Waals surface area contributed by atoms with Crippen molar-refractivity contribution in [3.63, 3.8) is 0 Å². The molecule has 1 saturated heterocycles. The second-order valence-corrected chi connectivity index (χ2v) is 5.56. The van der Waals surface area contributed by atoms with E-state index in [0.29, 0.717) is 17.8 Å². The number of benzene rings is 1. The molecule has 0 radical (unpaired) electrons. The summed E-state index contributed by atoms with van der Waals surface area (Å²) in [5.74, 6) is -0.242. The van der Waals surface area contributed by atoms with Gasteiger partial charge in [-0.05, 0) is 37.7 Å². The Morgan fingerprint density at radius 2 is 2.05 bits per heavy atom. The SMILES string of the molecule is CC(=O)Nc1ccc(C(=O)NCCC2CN(C)CCO2)cc1. The van der Waals surface area contributed by atoms with Crippen LogP contribution >= 0.6 is 0 Å². The largest absolute Gasteiger partial charge is 0.375 e. The van der Waals surface area contributed by atoms with Crippen LogP contribution in [0, 0.1) is 0 Å². The molecule has 0 aromatic heterocycles. The zero-order chi connectivity index (χ0) is 15.9. The van der Waals surface area contributed by atoms with E-state index in [1.807, 2.05) is 0 Å². The normalized spacial score (nSPS) is 18.7. The third-order valence-corrected chi connectivity index (χ3v) is 3.56. The van der Waals surface area contributed by atoms with Crippen LogP contribution in [0.1, 0.15) is 23.7 Å². The zero-order valence-electron chi connectivity index (χ0n) is 13.1. The predicted octanol–water partition coefficient (Wildman–Crippen LogP) is 1.10. The first kappa shape index (κ1) is 16.5. The average Bonchev–Trinajstić information content (AvgIpc) is 2.47. The van der Waals surface area contributed by atoms with Crippen LogP contribution < -0.4 is 10.6 Å². The van der Waals surface area contributed by atoms with Gasteiger partial charge in [-0.3, -0.25) is 9.59 Å². The Morgan fingerprint density at radius 1 is 1.32 bits per heavy atom. The van der Waals surface area contributed by atoms with Crippen LogP contribution in [0.15, 0.2) is 24.3 Å². The van der Waals surface area contributed by atoms with Crippen LogP contribution in [-0.4, -0.2) is 56.1 Å². The lowest BCUT2D eigenvalue weighted by atomic mass is 10.1. The molecule has 2 rings (SSSR count). The van der Waals surface area contributed by atoms with Gasteiger partial charge in [-0.15, -0.1) is 0 Å². The fraction of sp³-hybridized carbons (Fsp3) is 0.500. The van der Waals surface area contributed by atoms with Crippen molar-refractivity contribution in [3.8, 4) is 0 Å². The number of nitrogens with zero attached hydrogens (tertiary/aromatic N) is 1. The summed E-state index contributed by atoms with van der Waals surface area (Å²) in [4.78, 5) is 25.2. The third kappa shape index (κ3) is 5.13. The van der Waals surface area contributed by atoms with Crippen LogP contribution in [0.5, 0.6) is 0 Å². The molecule has 2 amide bonds. The summed E-state index contributed by atoms with van der Waals surface area (Å²) in [6, 6.07) is 6.84. The number of anilines is 1. The fourth-order valence-corrected chi connectivity index (χ4v) is 2.40. The molecule has 1 unspecified atom stereocenters. The molecule has 120 valence electrons. The highest BCUT2D eigenvalue weighted by Gasteiger charge is 2.17. The van der Waals surface area contributed by atoms with E-state index >= 15 is 0 Å². The van der Waals surface area contributed by atoms with E-state index in [9.17, 15) is 9.59 Å². The first-order chi connectivity index (χ1) is 10.5. The smallest absolute Gasteiger partial charge is 0.251 e. The van der Waals surface area contributed by atoms with Gasteiger partial charge in [-0.1, -0.05) is 0 Å². The molecule has 1 heterocycles. The maximum absolute atomic E-state index is 12.0. The first-order valence-electron chi connectivity index (χ1n) is 7.50. The van der Waals surface area contributed by atoms with Gasteiger partial charge in [0.2, 0.25) is 5.91 Å². The summed E-state index contributed by atoms with van der Waals surface area (Å²) >= 11 is 0. The Morgan fingerprint density at radius 3 is 2.68 bits per heavy atom. The molecular formula is C16H23N3O3. The van der Waals surface area contributed by atoms with Crippen molar-refractivity contribution in [3.05, 3.63) is 29.8 Å². The minimum Gasteiger partial charge on any atom is -0.375 e. The molecule has 22 heavy (non-hydrogen) atoms. The highest BCUT2D eigenvalue weighted by atomic mass is 16.5. The number of likely N-dealkylation sites (N-methyl/N-ethyl adjacent to an activating group) is 1. The summed E-state index contributed by atoms with van der Waals surface area (Å²) in [5, 5.41) is 5.57. The highest BCUT2D eigenvalue weighted by molar-refractivity contribution is 5.95. The van der Waals surface area contributed by atoms with Gasteiger partial charge in [0.05, 0.1) is 12.7 Å². The van der Waals surface area contributed by atoms with E-state index in [4.69, 9.17) is 4.74 Å². The maximum atomic E-state index is 12.0. The molecule has 6 heteroatoms. The molecule has 0 aliphatic carbocycles. The number of nitrogens with one attached hydrogen (secondary N) is 2. The van der Waals surface area contributed by atoms with Gasteiger partial charge < -0.3 is 20.3 Å². The number of rotatable bonds is 5. The number of carbonyl (C=O) groups excluding carboxylic acids is 2. The van der Waals surface area contributed by atoms with Crippen molar-refractivity contribution < 1.29 is 14.3 Å². The van der Waals surface area contributed by atoms with Gasteiger partial charge in [-0.2, -0.15) is 0 Å². The zero-order valence-corrected chi connectivity index (χ0v) is 13.1. The Balaban J connectivity index is 1.76. The van der Waals surface area contributed by atoms with Gasteiger partial charge in [0.1, 0.15) is 0 Å². The minimum absolute atomic E-state index is 0.112. The number of ether oxygens (including phenoxy) is 1. The van der Waals surface area contributed by atoms with Crippen LogP contribution in [-0.2, 0) is 9.53 Å². The summed E-state index contributed by atoms with van der Waals surface area (Å²) in [6.07, 6.45) is 0.987. The highest BCUT2D eigenvalue weighted by Crippen LogP contribution is 2.10. The topological polar surface area (TPSA) is 70.7 Å². The molecule has 1 fully saturated rings. The Kier molecular flexibility index (Phi) is 5.91. The van der Waals surface area contributed by atoms with Crippen molar-refractivity contribution >= 4 is 17.5 Å². The molecule has 0 spiro atoms. The van der Waals surface area contributed by atoms with Gasteiger partial charge in [-0.25, -0.2) is 0 Å². The van der Waals surface area contributed by atoms with Crippen molar-refractivity contribution in [2.45, 2.75) is 19.4 Å². The predicted molar refractivity (Wildman–Crippen MR) is 84.9 cm³/mol. The number of hydrogen-bond donors (Lipinski definition) is 2. The fourth-order valence-electron chi connectivity index (χ4n) is 2.40. The average molecular weight is 305 g/mol. The van der Waals surface area contributed by atoms with Gasteiger partial charge in [0.15, 0.2) is 0 Å². The van der Waals surface area contributed by atoms with Crippen LogP contribution in [0.3, 0.4) is 0 Å². The molecule has 1 aliphatic heterocycles. The molecule has 2 N–H and O–H groups in total. The van der Waals surface area contributed by atoms with E-state index in [1.54, 1.807) is 24.3 Å². The maximum Gasteiger partial charge on any atom is 0.251 e. The van der Waals surface area contributed by atoms with Gasteiger partial charge in [0.25, 0.3) is 5.91 Å². The molecule has 1 aliphatic rings. The Bertz CT molecular complexity index is 516. The van der Waals surface area contributed by atoms with Crippen molar-refractivity contribution in [2.75, 3.05) is 38.6 Å². The molecular weight excluding hydrogens is 282 g/mol. The third-order valence-electron chi connectivity index (χ3n) is 3.56. The molecule has 1 atom stereocenters. The number of morpholine rings is 1. The summed E-state index contributed by atoms with van der Waals surface area (Å²) in [6.45, 7) is 4.65. The number of amides is 2. The lowest BCUT2D eigenvalue weighted by Crippen LogP contribution is -2.41. The van der Waals surface area contributed by atoms with E-state index in [0.717, 1.165) is 26.1 Å². The van der Waals surface area contributed by atoms with E-state index in [2.05, 4.69) is 22.6 Å². The monoisotopic (exact) mass is 305 g/mol. The van der Waals surface area contributed by atoms with Crippen molar-refractivity contribution in [2.24, 2.45) is 0 Å². The van der Waals surface area contributed by atoms with Gasteiger partial charge >= 0.3 is 0 Å². The summed E-state index contributed by atoms with van der Waals surface area (Å²) in [5.41, 5.74) is 1.26. The standard InChI is InChI=1S/C16H23N3O3/c1-12(20)18-14-5-3-13(4-6-14)16(21)17-8-7-15-11-19(2)9-10-22-15/h3-6,15H,7-11H2,1-2H3,(H,17,21)(H,18,20). The Labute approximate surface area is 130 Å². The lowest BCUT2D eigenvalue weighted by molar-refractivity contribution is -0.114. The minimum atomic E-state index is -0.130. The van der Waals surface area contributed by atoms with Crippen LogP contribution in [0.2, 0.25) is 0 Å². The van der Waals surface area contributed by atoms with Crippen LogP contribution in [0.25, 0.3) is 0 Å². The molecule has 1 aromatic carbocycles. The van der Waals surface area contributed by atoms with Crippen molar-refractivity contribution in [1.82, 2.24) is 10.2 Å². The number of hydrogen-bond acceptors (Lipinski definition) is 4. The summed E-state index contributed by atoms with van der Waals surface area (Å²) in [7, 11) is 2.07. The van der Waals surface area contributed by atoms with E-state index in [1.165, 1.54) is 6.92 Å². The second-order valence-electron chi connectivity index (χ2n) is 5.56. The van der Waals surface area contributed by atoms with Crippen LogP contribution in [0.4, 0.5) is 5.69 Å². The van der Waals surface area contributed by atoms with E-state index in [-0.39, 0.29) is 17.9 Å². The quantitative estimate of drug-likeness (QED) is 0.854. The first-order valence-corrected chi connectivity index (χ1v) is 7.50. The Hall–Kier alpha value is -1.92. The number of carbonyl (C=O) groups is 2. The molecule has 0 bridgehead atoms. The second kappa shape index (κ2) is 7.91. The summed E-state index contributed by atoms with van der Waals surface area (Å²) < 4.78 is 5.66. The lowest BCUT2D eigenvalue weighted by Gasteiger charge is -2.30. The van der Waals surface area contributed by atoms with E-state index < -0.39 is 0 Å². The van der Waals surface area contributed by atoms with Gasteiger partial charge in [0, 0.05) is 37.8 Å². The van der Waals surface area contributed by atoms with Crippen molar-refractivity contribution in [1.29, 1.82) is 0 Å². The molecule has 6 nitrogen and oxygen atoms in total. The molecule has 1 aromatic rings. The molecule has 0 saturated carbocycles.